The molecule has 0 spiro atoms. The first kappa shape index (κ1) is 18.4. The molecular weight excluding hydrogens is 350 g/mol. The Morgan fingerprint density at radius 1 is 1.19 bits per heavy atom. The topological polar surface area (TPSA) is 79.4 Å². The van der Waals surface area contributed by atoms with E-state index in [0.29, 0.717) is 18.8 Å². The first-order valence-electron chi connectivity index (χ1n) is 8.51. The molecule has 0 saturated heterocycles. The van der Waals surface area contributed by atoms with Crippen molar-refractivity contribution < 1.29 is 13.2 Å². The number of rotatable bonds is 3. The number of hydrogen-bond donors (Lipinski definition) is 1. The molecule has 1 N–H and O–H groups in total. The smallest absolute Gasteiger partial charge is 0.261 e. The molecular formula is C19H23N3O3S. The predicted octanol–water partition coefficient (Wildman–Crippen LogP) is 2.81. The van der Waals surface area contributed by atoms with Crippen molar-refractivity contribution in [2.24, 2.45) is 5.41 Å². The molecule has 1 aliphatic heterocycles. The van der Waals surface area contributed by atoms with Gasteiger partial charge in [-0.2, -0.15) is 0 Å². The van der Waals surface area contributed by atoms with E-state index >= 15 is 0 Å². The Hall–Kier alpha value is -2.41. The number of benzene rings is 1. The first-order chi connectivity index (χ1) is 12.2. The summed E-state index contributed by atoms with van der Waals surface area (Å²) in [5, 5.41) is 0. The predicted molar refractivity (Wildman–Crippen MR) is 100 cm³/mol. The van der Waals surface area contributed by atoms with Crippen molar-refractivity contribution in [3.8, 4) is 0 Å². The fraction of sp³-hybridized carbons (Fsp3) is 0.368. The number of hydrogen-bond acceptors (Lipinski definition) is 4. The van der Waals surface area contributed by atoms with Crippen LogP contribution in [0.5, 0.6) is 0 Å². The molecule has 6 nitrogen and oxygen atoms in total. The van der Waals surface area contributed by atoms with Crippen LogP contribution >= 0.6 is 0 Å². The zero-order valence-electron chi connectivity index (χ0n) is 15.2. The van der Waals surface area contributed by atoms with Crippen LogP contribution < -0.4 is 4.72 Å². The van der Waals surface area contributed by atoms with Crippen LogP contribution in [0.2, 0.25) is 0 Å². The third-order valence-electron chi connectivity index (χ3n) is 4.34. The van der Waals surface area contributed by atoms with E-state index in [1.165, 1.54) is 6.20 Å². The molecule has 7 heteroatoms. The number of nitrogens with one attached hydrogen (secondary N) is 1. The highest BCUT2D eigenvalue weighted by Gasteiger charge is 2.30. The fourth-order valence-corrected chi connectivity index (χ4v) is 4.08. The molecule has 1 aromatic heterocycles. The zero-order chi connectivity index (χ0) is 18.9. The number of carbonyl (C=O) groups is 1. The number of pyridine rings is 1. The van der Waals surface area contributed by atoms with Crippen molar-refractivity contribution in [3.05, 3.63) is 53.9 Å². The van der Waals surface area contributed by atoms with E-state index in [9.17, 15) is 13.2 Å². The second-order valence-corrected chi connectivity index (χ2v) is 9.19. The lowest BCUT2D eigenvalue weighted by atomic mass is 9.92. The van der Waals surface area contributed by atoms with Gasteiger partial charge < -0.3 is 4.90 Å². The quantitative estimate of drug-likeness (QED) is 0.897. The lowest BCUT2D eigenvalue weighted by molar-refractivity contribution is -0.140. The number of amides is 1. The third kappa shape index (κ3) is 3.88. The number of fused-ring (bicyclic) bond motifs is 1. The van der Waals surface area contributed by atoms with E-state index in [4.69, 9.17) is 0 Å². The maximum absolute atomic E-state index is 12.6. The maximum atomic E-state index is 12.6. The summed E-state index contributed by atoms with van der Waals surface area (Å²) in [6.07, 6.45) is 3.77. The zero-order valence-corrected chi connectivity index (χ0v) is 16.0. The Morgan fingerprint density at radius 3 is 2.62 bits per heavy atom. The van der Waals surface area contributed by atoms with Crippen molar-refractivity contribution in [1.29, 1.82) is 0 Å². The molecule has 1 amide bonds. The number of anilines is 1. The summed E-state index contributed by atoms with van der Waals surface area (Å²) in [6.45, 7) is 6.77. The molecule has 1 aromatic carbocycles. The summed E-state index contributed by atoms with van der Waals surface area (Å²) in [5.74, 6) is 0.0740. The SMILES string of the molecule is CC(C)(C)C(=O)N1CCc2ccc(S(=O)(=O)Nc3cccnc3)cc2C1. The van der Waals surface area contributed by atoms with E-state index in [2.05, 4.69) is 9.71 Å². The minimum absolute atomic E-state index is 0.0740. The molecule has 3 rings (SSSR count). The van der Waals surface area contributed by atoms with Gasteiger partial charge in [0.15, 0.2) is 0 Å². The summed E-state index contributed by atoms with van der Waals surface area (Å²) in [7, 11) is -3.71. The van der Waals surface area contributed by atoms with Crippen molar-refractivity contribution in [2.75, 3.05) is 11.3 Å². The van der Waals surface area contributed by atoms with Crippen LogP contribution in [0.4, 0.5) is 5.69 Å². The number of carbonyl (C=O) groups excluding carboxylic acids is 1. The fourth-order valence-electron chi connectivity index (χ4n) is 2.99. The largest absolute Gasteiger partial charge is 0.338 e. The Labute approximate surface area is 154 Å². The number of nitrogens with zero attached hydrogens (tertiary/aromatic N) is 2. The molecule has 0 unspecified atom stereocenters. The van der Waals surface area contributed by atoms with Crippen LogP contribution in [0.25, 0.3) is 0 Å². The molecule has 0 saturated carbocycles. The van der Waals surface area contributed by atoms with Crippen LogP contribution in [0.15, 0.2) is 47.6 Å². The Balaban J connectivity index is 1.86. The molecule has 138 valence electrons. The van der Waals surface area contributed by atoms with Gasteiger partial charge in [-0.25, -0.2) is 8.42 Å². The Morgan fingerprint density at radius 2 is 1.96 bits per heavy atom. The second kappa shape index (κ2) is 6.72. The van der Waals surface area contributed by atoms with Gasteiger partial charge in [0, 0.05) is 24.7 Å². The van der Waals surface area contributed by atoms with Crippen molar-refractivity contribution in [2.45, 2.75) is 38.6 Å². The van der Waals surface area contributed by atoms with Gasteiger partial charge in [-0.1, -0.05) is 26.8 Å². The van der Waals surface area contributed by atoms with Crippen LogP contribution in [-0.2, 0) is 27.8 Å². The summed E-state index contributed by atoms with van der Waals surface area (Å²) >= 11 is 0. The summed E-state index contributed by atoms with van der Waals surface area (Å²) in [6, 6.07) is 8.42. The molecule has 0 fully saturated rings. The number of aromatic nitrogens is 1. The van der Waals surface area contributed by atoms with E-state index in [1.807, 2.05) is 26.8 Å². The van der Waals surface area contributed by atoms with E-state index in [1.54, 1.807) is 35.4 Å². The van der Waals surface area contributed by atoms with Gasteiger partial charge >= 0.3 is 0 Å². The average Bonchev–Trinajstić information content (AvgIpc) is 2.60. The highest BCUT2D eigenvalue weighted by molar-refractivity contribution is 7.92. The minimum Gasteiger partial charge on any atom is -0.338 e. The Kier molecular flexibility index (Phi) is 4.75. The van der Waals surface area contributed by atoms with Gasteiger partial charge in [-0.05, 0) is 41.8 Å². The molecule has 2 heterocycles. The lowest BCUT2D eigenvalue weighted by Crippen LogP contribution is -2.42. The average molecular weight is 373 g/mol. The van der Waals surface area contributed by atoms with E-state index < -0.39 is 15.4 Å². The first-order valence-corrected chi connectivity index (χ1v) is 9.99. The van der Waals surface area contributed by atoms with Gasteiger partial charge in [0.25, 0.3) is 10.0 Å². The normalized spacial score (nSPS) is 14.7. The third-order valence-corrected chi connectivity index (χ3v) is 5.72. The molecule has 0 aliphatic carbocycles. The van der Waals surface area contributed by atoms with Crippen molar-refractivity contribution in [1.82, 2.24) is 9.88 Å². The summed E-state index contributed by atoms with van der Waals surface area (Å²) in [5.41, 5.74) is 1.92. The lowest BCUT2D eigenvalue weighted by Gasteiger charge is -2.33. The molecule has 2 aromatic rings. The molecule has 0 atom stereocenters. The highest BCUT2D eigenvalue weighted by Crippen LogP contribution is 2.27. The van der Waals surface area contributed by atoms with Crippen LogP contribution in [0, 0.1) is 5.41 Å². The molecule has 1 aliphatic rings. The van der Waals surface area contributed by atoms with Crippen molar-refractivity contribution >= 4 is 21.6 Å². The number of sulfonamides is 1. The maximum Gasteiger partial charge on any atom is 0.261 e. The van der Waals surface area contributed by atoms with Gasteiger partial charge in [-0.15, -0.1) is 0 Å². The van der Waals surface area contributed by atoms with Gasteiger partial charge in [0.05, 0.1) is 16.8 Å². The summed E-state index contributed by atoms with van der Waals surface area (Å²) in [4.78, 5) is 18.4. The van der Waals surface area contributed by atoms with Crippen LogP contribution in [-0.4, -0.2) is 30.8 Å². The standard InChI is InChI=1S/C19H23N3O3S/c1-19(2,3)18(23)22-10-8-14-6-7-17(11-15(14)13-22)26(24,25)21-16-5-4-9-20-12-16/h4-7,9,11-12,21H,8,10,13H2,1-3H3. The summed E-state index contributed by atoms with van der Waals surface area (Å²) < 4.78 is 27.8. The van der Waals surface area contributed by atoms with Gasteiger partial charge in [0.2, 0.25) is 5.91 Å². The van der Waals surface area contributed by atoms with Gasteiger partial charge in [-0.3, -0.25) is 14.5 Å². The minimum atomic E-state index is -3.71. The second-order valence-electron chi connectivity index (χ2n) is 7.50. The highest BCUT2D eigenvalue weighted by atomic mass is 32.2. The molecule has 0 radical (unpaired) electrons. The molecule has 26 heavy (non-hydrogen) atoms. The Bertz CT molecular complexity index is 919. The van der Waals surface area contributed by atoms with Crippen LogP contribution in [0.3, 0.4) is 0 Å². The van der Waals surface area contributed by atoms with Crippen molar-refractivity contribution in [3.63, 3.8) is 0 Å². The molecule has 0 bridgehead atoms. The van der Waals surface area contributed by atoms with Gasteiger partial charge in [0.1, 0.15) is 0 Å². The van der Waals surface area contributed by atoms with Crippen LogP contribution in [0.1, 0.15) is 31.9 Å². The van der Waals surface area contributed by atoms with E-state index in [0.717, 1.165) is 17.5 Å². The monoisotopic (exact) mass is 373 g/mol. The van der Waals surface area contributed by atoms with E-state index in [-0.39, 0.29) is 10.8 Å².